The van der Waals surface area contributed by atoms with Gasteiger partial charge in [0.25, 0.3) is 0 Å². The van der Waals surface area contributed by atoms with E-state index in [1.807, 2.05) is 25.1 Å². The minimum atomic E-state index is -1.46. The van der Waals surface area contributed by atoms with E-state index < -0.39 is 17.5 Å². The Balaban J connectivity index is 1.83. The van der Waals surface area contributed by atoms with Crippen LogP contribution < -0.4 is 10.1 Å². The van der Waals surface area contributed by atoms with E-state index in [2.05, 4.69) is 5.32 Å². The smallest absolute Gasteiger partial charge is 0.196 e. The van der Waals surface area contributed by atoms with Gasteiger partial charge in [-0.25, -0.2) is 13.2 Å². The van der Waals surface area contributed by atoms with Crippen molar-refractivity contribution < 1.29 is 17.9 Å². The molecule has 2 aromatic rings. The Hall–Kier alpha value is -2.17. The van der Waals surface area contributed by atoms with Crippen molar-refractivity contribution in [1.29, 1.82) is 0 Å². The van der Waals surface area contributed by atoms with Gasteiger partial charge in [0.2, 0.25) is 0 Å². The molecule has 1 atom stereocenters. The number of rotatable bonds is 3. The van der Waals surface area contributed by atoms with Crippen molar-refractivity contribution in [2.45, 2.75) is 19.4 Å². The monoisotopic (exact) mass is 293 g/mol. The van der Waals surface area contributed by atoms with Crippen molar-refractivity contribution in [3.8, 4) is 5.75 Å². The molecule has 110 valence electrons. The average molecular weight is 293 g/mol. The summed E-state index contributed by atoms with van der Waals surface area (Å²) in [6.45, 7) is 2.50. The summed E-state index contributed by atoms with van der Waals surface area (Å²) in [5.74, 6) is -2.99. The molecular weight excluding hydrogens is 279 g/mol. The Morgan fingerprint density at radius 2 is 1.90 bits per heavy atom. The van der Waals surface area contributed by atoms with Gasteiger partial charge < -0.3 is 10.1 Å². The van der Waals surface area contributed by atoms with Crippen LogP contribution in [0, 0.1) is 17.5 Å². The lowest BCUT2D eigenvalue weighted by molar-refractivity contribution is 0.357. The molecule has 0 saturated heterocycles. The first-order valence-electron chi connectivity index (χ1n) is 6.72. The summed E-state index contributed by atoms with van der Waals surface area (Å²) in [7, 11) is 0. The van der Waals surface area contributed by atoms with Crippen LogP contribution in [0.1, 0.15) is 24.1 Å². The van der Waals surface area contributed by atoms with E-state index in [0.29, 0.717) is 6.61 Å². The van der Waals surface area contributed by atoms with Crippen molar-refractivity contribution >= 4 is 5.69 Å². The number of nitrogens with one attached hydrogen (secondary N) is 1. The van der Waals surface area contributed by atoms with Crippen LogP contribution in [0.4, 0.5) is 18.9 Å². The maximum atomic E-state index is 13.7. The molecule has 0 bridgehead atoms. The number of hydrogen-bond donors (Lipinski definition) is 1. The highest BCUT2D eigenvalue weighted by atomic mass is 19.2. The van der Waals surface area contributed by atoms with Crippen LogP contribution in [0.25, 0.3) is 0 Å². The molecule has 1 aliphatic rings. The van der Waals surface area contributed by atoms with Crippen LogP contribution in [0.3, 0.4) is 0 Å². The molecule has 0 aromatic heterocycles. The Kier molecular flexibility index (Phi) is 3.49. The average Bonchev–Trinajstić information content (AvgIpc) is 2.95. The Labute approximate surface area is 120 Å². The van der Waals surface area contributed by atoms with Gasteiger partial charge in [-0.05, 0) is 42.3 Å². The molecule has 0 fully saturated rings. The molecule has 0 spiro atoms. The number of anilines is 1. The highest BCUT2D eigenvalue weighted by Crippen LogP contribution is 2.30. The van der Waals surface area contributed by atoms with Gasteiger partial charge in [0, 0.05) is 12.5 Å². The molecule has 21 heavy (non-hydrogen) atoms. The van der Waals surface area contributed by atoms with E-state index in [1.165, 1.54) is 6.07 Å². The fraction of sp³-hybridized carbons (Fsp3) is 0.250. The lowest BCUT2D eigenvalue weighted by atomic mass is 10.0. The molecule has 0 saturated carbocycles. The topological polar surface area (TPSA) is 21.3 Å². The Morgan fingerprint density at radius 1 is 1.10 bits per heavy atom. The van der Waals surface area contributed by atoms with E-state index in [9.17, 15) is 13.2 Å². The van der Waals surface area contributed by atoms with Gasteiger partial charge in [-0.1, -0.05) is 6.07 Å². The van der Waals surface area contributed by atoms with Gasteiger partial charge in [-0.3, -0.25) is 0 Å². The molecule has 1 aliphatic heterocycles. The van der Waals surface area contributed by atoms with Crippen LogP contribution in [0.15, 0.2) is 30.3 Å². The summed E-state index contributed by atoms with van der Waals surface area (Å²) in [5, 5.41) is 2.86. The maximum Gasteiger partial charge on any atom is 0.196 e. The Bertz CT molecular complexity index is 687. The molecule has 1 heterocycles. The van der Waals surface area contributed by atoms with Gasteiger partial charge >= 0.3 is 0 Å². The number of fused-ring (bicyclic) bond motifs is 1. The van der Waals surface area contributed by atoms with E-state index in [1.54, 1.807) is 0 Å². The largest absolute Gasteiger partial charge is 0.493 e. The summed E-state index contributed by atoms with van der Waals surface area (Å²) in [6, 6.07) is 7.59. The molecule has 1 unspecified atom stereocenters. The van der Waals surface area contributed by atoms with Gasteiger partial charge in [-0.15, -0.1) is 0 Å². The summed E-state index contributed by atoms with van der Waals surface area (Å²) in [4.78, 5) is 0. The molecular formula is C16H14F3NO. The first-order valence-corrected chi connectivity index (χ1v) is 6.72. The summed E-state index contributed by atoms with van der Waals surface area (Å²) in [5.41, 5.74) is 1.98. The molecule has 3 rings (SSSR count). The van der Waals surface area contributed by atoms with Crippen LogP contribution in [0.5, 0.6) is 5.75 Å². The third-order valence-corrected chi connectivity index (χ3v) is 3.62. The SMILES string of the molecule is CC(Nc1ccc(F)c(F)c1F)c1ccc2c(c1)CCO2. The molecule has 2 aromatic carbocycles. The van der Waals surface area contributed by atoms with Crippen LogP contribution in [-0.2, 0) is 6.42 Å². The van der Waals surface area contributed by atoms with Crippen molar-refractivity contribution in [2.75, 3.05) is 11.9 Å². The van der Waals surface area contributed by atoms with Gasteiger partial charge in [0.15, 0.2) is 17.5 Å². The summed E-state index contributed by atoms with van der Waals surface area (Å²) in [6.07, 6.45) is 0.843. The molecule has 2 nitrogen and oxygen atoms in total. The fourth-order valence-corrected chi connectivity index (χ4v) is 2.43. The van der Waals surface area contributed by atoms with E-state index in [4.69, 9.17) is 4.74 Å². The van der Waals surface area contributed by atoms with Gasteiger partial charge in [-0.2, -0.15) is 0 Å². The van der Waals surface area contributed by atoms with Crippen LogP contribution in [-0.4, -0.2) is 6.61 Å². The molecule has 0 radical (unpaired) electrons. The molecule has 0 aliphatic carbocycles. The third-order valence-electron chi connectivity index (χ3n) is 3.62. The second-order valence-corrected chi connectivity index (χ2v) is 5.05. The van der Waals surface area contributed by atoms with Gasteiger partial charge in [0.1, 0.15) is 5.75 Å². The van der Waals surface area contributed by atoms with Crippen molar-refractivity contribution in [3.63, 3.8) is 0 Å². The van der Waals surface area contributed by atoms with E-state index in [-0.39, 0.29) is 11.7 Å². The van der Waals surface area contributed by atoms with Crippen molar-refractivity contribution in [1.82, 2.24) is 0 Å². The van der Waals surface area contributed by atoms with Crippen molar-refractivity contribution in [3.05, 3.63) is 58.9 Å². The normalized spacial score (nSPS) is 14.5. The van der Waals surface area contributed by atoms with Crippen LogP contribution >= 0.6 is 0 Å². The fourth-order valence-electron chi connectivity index (χ4n) is 2.43. The zero-order valence-corrected chi connectivity index (χ0v) is 11.4. The maximum absolute atomic E-state index is 13.7. The zero-order chi connectivity index (χ0) is 15.0. The lowest BCUT2D eigenvalue weighted by Crippen LogP contribution is -2.09. The highest BCUT2D eigenvalue weighted by Gasteiger charge is 2.17. The summed E-state index contributed by atoms with van der Waals surface area (Å²) >= 11 is 0. The predicted molar refractivity (Wildman–Crippen MR) is 74.0 cm³/mol. The molecule has 5 heteroatoms. The quantitative estimate of drug-likeness (QED) is 0.856. The predicted octanol–water partition coefficient (Wildman–Crippen LogP) is 4.21. The van der Waals surface area contributed by atoms with Crippen molar-refractivity contribution in [2.24, 2.45) is 0 Å². The third kappa shape index (κ3) is 2.55. The van der Waals surface area contributed by atoms with E-state index in [0.717, 1.165) is 29.4 Å². The standard InChI is InChI=1S/C16H14F3NO/c1-9(10-2-5-14-11(8-10)6-7-21-14)20-13-4-3-12(17)15(18)16(13)19/h2-5,8-9,20H,6-7H2,1H3. The minimum absolute atomic E-state index is 0.0573. The zero-order valence-electron chi connectivity index (χ0n) is 11.4. The minimum Gasteiger partial charge on any atom is -0.493 e. The number of ether oxygens (including phenoxy) is 1. The molecule has 0 amide bonds. The second-order valence-electron chi connectivity index (χ2n) is 5.05. The number of halogens is 3. The first-order chi connectivity index (χ1) is 10.1. The first kappa shape index (κ1) is 13.8. The van der Waals surface area contributed by atoms with Crippen LogP contribution in [0.2, 0.25) is 0 Å². The number of hydrogen-bond acceptors (Lipinski definition) is 2. The summed E-state index contributed by atoms with van der Waals surface area (Å²) < 4.78 is 45.2. The van der Waals surface area contributed by atoms with E-state index >= 15 is 0 Å². The number of benzene rings is 2. The second kappa shape index (κ2) is 5.31. The van der Waals surface area contributed by atoms with Gasteiger partial charge in [0.05, 0.1) is 12.3 Å². The lowest BCUT2D eigenvalue weighted by Gasteiger charge is -2.17. The molecule has 1 N–H and O–H groups in total. The highest BCUT2D eigenvalue weighted by molar-refractivity contribution is 5.49. The Morgan fingerprint density at radius 3 is 2.71 bits per heavy atom.